The molecule has 3 rings (SSSR count). The highest BCUT2D eigenvalue weighted by atomic mass is 16.5. The summed E-state index contributed by atoms with van der Waals surface area (Å²) in [5.41, 5.74) is 2.05. The molecule has 0 fully saturated rings. The molecule has 0 N–H and O–H groups in total. The Hall–Kier alpha value is -3.06. The molecule has 0 atom stereocenters. The second kappa shape index (κ2) is 5.51. The quantitative estimate of drug-likeness (QED) is 0.685. The minimum Gasteiger partial charge on any atom is -0.455 e. The van der Waals surface area contributed by atoms with Crippen LogP contribution in [0.3, 0.4) is 0 Å². The highest BCUT2D eigenvalue weighted by molar-refractivity contribution is 5.92. The van der Waals surface area contributed by atoms with Crippen LogP contribution in [0.15, 0.2) is 59.0 Å². The Bertz CT molecular complexity index is 792. The molecule has 0 spiro atoms. The van der Waals surface area contributed by atoms with Gasteiger partial charge in [0, 0.05) is 5.39 Å². The van der Waals surface area contributed by atoms with Gasteiger partial charge in [0.2, 0.25) is 5.76 Å². The number of hydrogen-bond acceptors (Lipinski definition) is 4. The Morgan fingerprint density at radius 1 is 1.14 bits per heavy atom. The third kappa shape index (κ3) is 2.77. The fourth-order valence-electron chi connectivity index (χ4n) is 1.98. The summed E-state index contributed by atoms with van der Waals surface area (Å²) < 4.78 is 10.6. The van der Waals surface area contributed by atoms with E-state index in [1.54, 1.807) is 36.4 Å². The molecule has 0 unspecified atom stereocenters. The van der Waals surface area contributed by atoms with Gasteiger partial charge in [0.25, 0.3) is 0 Å². The third-order valence-corrected chi connectivity index (χ3v) is 3.08. The number of ether oxygens (including phenoxy) is 1. The van der Waals surface area contributed by atoms with Crippen molar-refractivity contribution in [3.05, 3.63) is 71.5 Å². The molecule has 0 aliphatic rings. The number of carbonyl (C=O) groups excluding carboxylic acids is 1. The van der Waals surface area contributed by atoms with E-state index in [0.29, 0.717) is 11.1 Å². The zero-order valence-electron chi connectivity index (χ0n) is 11.1. The van der Waals surface area contributed by atoms with Crippen LogP contribution in [0, 0.1) is 11.3 Å². The highest BCUT2D eigenvalue weighted by Gasteiger charge is 2.13. The van der Waals surface area contributed by atoms with E-state index in [2.05, 4.69) is 0 Å². The van der Waals surface area contributed by atoms with Crippen molar-refractivity contribution in [2.45, 2.75) is 6.61 Å². The molecular formula is C17H11NO3. The lowest BCUT2D eigenvalue weighted by Gasteiger charge is -2.02. The molecule has 102 valence electrons. The summed E-state index contributed by atoms with van der Waals surface area (Å²) in [5, 5.41) is 9.58. The number of carbonyl (C=O) groups is 1. The van der Waals surface area contributed by atoms with E-state index < -0.39 is 5.97 Å². The Morgan fingerprint density at radius 3 is 2.62 bits per heavy atom. The summed E-state index contributed by atoms with van der Waals surface area (Å²) in [6.45, 7) is 0.140. The van der Waals surface area contributed by atoms with Gasteiger partial charge in [-0.15, -0.1) is 0 Å². The molecule has 0 saturated carbocycles. The van der Waals surface area contributed by atoms with E-state index in [0.717, 1.165) is 10.9 Å². The van der Waals surface area contributed by atoms with Gasteiger partial charge < -0.3 is 9.15 Å². The first kappa shape index (κ1) is 12.9. The van der Waals surface area contributed by atoms with Gasteiger partial charge in [-0.1, -0.05) is 30.3 Å². The zero-order valence-corrected chi connectivity index (χ0v) is 11.1. The van der Waals surface area contributed by atoms with Gasteiger partial charge in [-0.2, -0.15) is 5.26 Å². The van der Waals surface area contributed by atoms with Crippen molar-refractivity contribution in [1.29, 1.82) is 5.26 Å². The van der Waals surface area contributed by atoms with Crippen molar-refractivity contribution < 1.29 is 13.9 Å². The maximum atomic E-state index is 11.9. The number of rotatable bonds is 3. The molecule has 4 heteroatoms. The van der Waals surface area contributed by atoms with Crippen molar-refractivity contribution in [2.24, 2.45) is 0 Å². The molecule has 0 aliphatic heterocycles. The highest BCUT2D eigenvalue weighted by Crippen LogP contribution is 2.19. The summed E-state index contributed by atoms with van der Waals surface area (Å²) in [4.78, 5) is 11.9. The number of benzene rings is 2. The average Bonchev–Trinajstić information content (AvgIpc) is 2.97. The lowest BCUT2D eigenvalue weighted by atomic mass is 10.2. The fraction of sp³-hybridized carbons (Fsp3) is 0.0588. The van der Waals surface area contributed by atoms with Crippen LogP contribution in [-0.4, -0.2) is 5.97 Å². The number of esters is 1. The molecule has 0 aliphatic carbocycles. The lowest BCUT2D eigenvalue weighted by Crippen LogP contribution is -2.03. The van der Waals surface area contributed by atoms with Crippen LogP contribution in [-0.2, 0) is 11.3 Å². The SMILES string of the molecule is N#Cc1ccc(COC(=O)c2cc3ccccc3o2)cc1. The van der Waals surface area contributed by atoms with Gasteiger partial charge in [-0.3, -0.25) is 0 Å². The number of hydrogen-bond donors (Lipinski definition) is 0. The summed E-state index contributed by atoms with van der Waals surface area (Å²) in [6.07, 6.45) is 0. The van der Waals surface area contributed by atoms with Crippen LogP contribution < -0.4 is 0 Å². The molecule has 0 saturated heterocycles. The van der Waals surface area contributed by atoms with Crippen molar-refractivity contribution >= 4 is 16.9 Å². The number of para-hydroxylation sites is 1. The predicted octanol–water partition coefficient (Wildman–Crippen LogP) is 3.66. The number of nitriles is 1. The van der Waals surface area contributed by atoms with Crippen molar-refractivity contribution in [3.63, 3.8) is 0 Å². The molecule has 1 aromatic heterocycles. The maximum absolute atomic E-state index is 11.9. The zero-order chi connectivity index (χ0) is 14.7. The molecule has 0 radical (unpaired) electrons. The Labute approximate surface area is 121 Å². The number of furan rings is 1. The molecule has 21 heavy (non-hydrogen) atoms. The predicted molar refractivity (Wildman–Crippen MR) is 76.5 cm³/mol. The summed E-state index contributed by atoms with van der Waals surface area (Å²) in [6, 6.07) is 18.0. The van der Waals surface area contributed by atoms with Crippen molar-refractivity contribution in [1.82, 2.24) is 0 Å². The van der Waals surface area contributed by atoms with Gasteiger partial charge in [-0.25, -0.2) is 4.79 Å². The first-order chi connectivity index (χ1) is 10.3. The smallest absolute Gasteiger partial charge is 0.374 e. The summed E-state index contributed by atoms with van der Waals surface area (Å²) in [7, 11) is 0. The van der Waals surface area contributed by atoms with Gasteiger partial charge in [0.15, 0.2) is 0 Å². The van der Waals surface area contributed by atoms with E-state index in [1.807, 2.05) is 24.3 Å². The molecular weight excluding hydrogens is 266 g/mol. The van der Waals surface area contributed by atoms with E-state index >= 15 is 0 Å². The summed E-state index contributed by atoms with van der Waals surface area (Å²) in [5.74, 6) is -0.319. The fourth-order valence-corrected chi connectivity index (χ4v) is 1.98. The standard InChI is InChI=1S/C17H11NO3/c18-10-12-5-7-13(8-6-12)11-20-17(19)16-9-14-3-1-2-4-15(14)21-16/h1-9H,11H2. The van der Waals surface area contributed by atoms with E-state index in [9.17, 15) is 4.79 Å². The van der Waals surface area contributed by atoms with Crippen molar-refractivity contribution in [3.8, 4) is 6.07 Å². The van der Waals surface area contributed by atoms with Gasteiger partial charge >= 0.3 is 5.97 Å². The monoisotopic (exact) mass is 277 g/mol. The van der Waals surface area contributed by atoms with Crippen LogP contribution in [0.25, 0.3) is 11.0 Å². The third-order valence-electron chi connectivity index (χ3n) is 3.08. The van der Waals surface area contributed by atoms with Crippen LogP contribution >= 0.6 is 0 Å². The maximum Gasteiger partial charge on any atom is 0.374 e. The van der Waals surface area contributed by atoms with E-state index in [1.165, 1.54) is 0 Å². The van der Waals surface area contributed by atoms with Gasteiger partial charge in [0.1, 0.15) is 12.2 Å². The molecule has 0 bridgehead atoms. The Balaban J connectivity index is 1.69. The second-order valence-electron chi connectivity index (χ2n) is 4.53. The lowest BCUT2D eigenvalue weighted by molar-refractivity contribution is 0.0439. The number of nitrogens with zero attached hydrogens (tertiary/aromatic N) is 1. The van der Waals surface area contributed by atoms with E-state index in [-0.39, 0.29) is 12.4 Å². The topological polar surface area (TPSA) is 63.2 Å². The normalized spacial score (nSPS) is 10.2. The Morgan fingerprint density at radius 2 is 1.90 bits per heavy atom. The molecule has 3 aromatic rings. The van der Waals surface area contributed by atoms with Gasteiger partial charge in [-0.05, 0) is 29.8 Å². The minimum atomic E-state index is -0.504. The average molecular weight is 277 g/mol. The summed E-state index contributed by atoms with van der Waals surface area (Å²) >= 11 is 0. The largest absolute Gasteiger partial charge is 0.455 e. The van der Waals surface area contributed by atoms with Crippen LogP contribution in [0.4, 0.5) is 0 Å². The van der Waals surface area contributed by atoms with Crippen LogP contribution in [0.1, 0.15) is 21.7 Å². The minimum absolute atomic E-state index is 0.140. The molecule has 4 nitrogen and oxygen atoms in total. The second-order valence-corrected chi connectivity index (χ2v) is 4.53. The van der Waals surface area contributed by atoms with Crippen LogP contribution in [0.2, 0.25) is 0 Å². The van der Waals surface area contributed by atoms with Crippen molar-refractivity contribution in [2.75, 3.05) is 0 Å². The first-order valence-corrected chi connectivity index (χ1v) is 6.41. The van der Waals surface area contributed by atoms with Crippen LogP contribution in [0.5, 0.6) is 0 Å². The Kier molecular flexibility index (Phi) is 3.40. The molecule has 2 aromatic carbocycles. The van der Waals surface area contributed by atoms with Gasteiger partial charge in [0.05, 0.1) is 11.6 Å². The number of fused-ring (bicyclic) bond motifs is 1. The molecule has 1 heterocycles. The molecule has 0 amide bonds. The first-order valence-electron chi connectivity index (χ1n) is 6.41. The van der Waals surface area contributed by atoms with E-state index in [4.69, 9.17) is 14.4 Å².